The van der Waals surface area contributed by atoms with Gasteiger partial charge in [0.2, 0.25) is 6.43 Å². The maximum atomic E-state index is 12.1. The Morgan fingerprint density at radius 1 is 1.07 bits per heavy atom. The Balaban J connectivity index is 0. The van der Waals surface area contributed by atoms with E-state index in [4.69, 9.17) is 0 Å². The first-order chi connectivity index (χ1) is 6.61. The Kier molecular flexibility index (Phi) is 10.9. The van der Waals surface area contributed by atoms with Gasteiger partial charge in [0.1, 0.15) is 0 Å². The average Bonchev–Trinajstić information content (AvgIpc) is 2.52. The van der Waals surface area contributed by atoms with Crippen molar-refractivity contribution in [1.82, 2.24) is 4.90 Å². The van der Waals surface area contributed by atoms with E-state index >= 15 is 0 Å². The van der Waals surface area contributed by atoms with Crippen LogP contribution in [0.5, 0.6) is 0 Å². The molecular formula is C11H25F2N. The van der Waals surface area contributed by atoms with Crippen molar-refractivity contribution >= 4 is 0 Å². The largest absolute Gasteiger partial charge is 0.306 e. The second kappa shape index (κ2) is 9.38. The molecule has 0 aliphatic carbocycles. The second-order valence-corrected chi connectivity index (χ2v) is 3.20. The third kappa shape index (κ3) is 5.53. The smallest absolute Gasteiger partial charge is 0.242 e. The van der Waals surface area contributed by atoms with Crippen molar-refractivity contribution in [3.63, 3.8) is 0 Å². The van der Waals surface area contributed by atoms with Gasteiger partial charge in [-0.1, -0.05) is 34.6 Å². The zero-order valence-electron chi connectivity index (χ0n) is 10.3. The minimum atomic E-state index is -2.14. The van der Waals surface area contributed by atoms with Crippen molar-refractivity contribution in [2.45, 2.75) is 41.0 Å². The summed E-state index contributed by atoms with van der Waals surface area (Å²) in [5.41, 5.74) is 0. The van der Waals surface area contributed by atoms with Crippen LogP contribution in [0.15, 0.2) is 0 Å². The Morgan fingerprint density at radius 3 is 1.64 bits per heavy atom. The average molecular weight is 209 g/mol. The highest BCUT2D eigenvalue weighted by molar-refractivity contribution is 4.80. The molecule has 0 saturated carbocycles. The van der Waals surface area contributed by atoms with E-state index in [0.29, 0.717) is 6.54 Å². The number of nitrogens with zero attached hydrogens (tertiary/aromatic N) is 1. The summed E-state index contributed by atoms with van der Waals surface area (Å²) < 4.78 is 24.3. The number of alkyl halides is 2. The molecule has 88 valence electrons. The molecule has 1 saturated heterocycles. The van der Waals surface area contributed by atoms with Crippen molar-refractivity contribution in [2.24, 2.45) is 11.8 Å². The summed E-state index contributed by atoms with van der Waals surface area (Å²) in [6, 6.07) is 0. The molecule has 1 rings (SSSR count). The van der Waals surface area contributed by atoms with Crippen molar-refractivity contribution < 1.29 is 8.78 Å². The van der Waals surface area contributed by atoms with Gasteiger partial charge in [0, 0.05) is 19.0 Å². The maximum Gasteiger partial charge on any atom is 0.242 e. The summed E-state index contributed by atoms with van der Waals surface area (Å²) in [5, 5.41) is 0. The summed E-state index contributed by atoms with van der Waals surface area (Å²) in [7, 11) is 1.89. The van der Waals surface area contributed by atoms with E-state index in [-0.39, 0.29) is 5.92 Å². The summed E-state index contributed by atoms with van der Waals surface area (Å²) in [6.07, 6.45) is -2.14. The van der Waals surface area contributed by atoms with Crippen molar-refractivity contribution in [3.8, 4) is 0 Å². The number of hydrogen-bond acceptors (Lipinski definition) is 1. The van der Waals surface area contributed by atoms with Crippen LogP contribution in [0.4, 0.5) is 8.78 Å². The topological polar surface area (TPSA) is 3.24 Å². The van der Waals surface area contributed by atoms with E-state index in [0.717, 1.165) is 6.54 Å². The molecule has 0 aromatic rings. The van der Waals surface area contributed by atoms with Gasteiger partial charge in [0.25, 0.3) is 0 Å². The number of likely N-dealkylation sites (tertiary alicyclic amines) is 1. The van der Waals surface area contributed by atoms with Crippen molar-refractivity contribution in [1.29, 1.82) is 0 Å². The van der Waals surface area contributed by atoms with Crippen LogP contribution in [-0.2, 0) is 0 Å². The Morgan fingerprint density at radius 2 is 1.50 bits per heavy atom. The molecular weight excluding hydrogens is 184 g/mol. The van der Waals surface area contributed by atoms with E-state index < -0.39 is 12.3 Å². The molecule has 1 aliphatic rings. The van der Waals surface area contributed by atoms with Crippen molar-refractivity contribution in [3.05, 3.63) is 0 Å². The Labute approximate surface area is 87.5 Å². The Hall–Kier alpha value is -0.180. The molecule has 0 amide bonds. The van der Waals surface area contributed by atoms with E-state index in [1.165, 1.54) is 0 Å². The fourth-order valence-corrected chi connectivity index (χ4v) is 1.57. The van der Waals surface area contributed by atoms with Crippen molar-refractivity contribution in [2.75, 3.05) is 20.1 Å². The van der Waals surface area contributed by atoms with Gasteiger partial charge in [-0.25, -0.2) is 8.78 Å². The molecule has 2 unspecified atom stereocenters. The van der Waals surface area contributed by atoms with Gasteiger partial charge in [0.15, 0.2) is 0 Å². The van der Waals surface area contributed by atoms with Crippen LogP contribution >= 0.6 is 0 Å². The minimum absolute atomic E-state index is 0.157. The van der Waals surface area contributed by atoms with E-state index in [1.54, 1.807) is 0 Å². The summed E-state index contributed by atoms with van der Waals surface area (Å²) in [5.74, 6) is -0.241. The molecule has 1 nitrogen and oxygen atoms in total. The third-order valence-electron chi connectivity index (χ3n) is 2.18. The van der Waals surface area contributed by atoms with Crippen LogP contribution in [0.3, 0.4) is 0 Å². The highest BCUT2D eigenvalue weighted by Gasteiger charge is 2.33. The summed E-state index contributed by atoms with van der Waals surface area (Å²) >= 11 is 0. The van der Waals surface area contributed by atoms with Crippen LogP contribution in [0.2, 0.25) is 0 Å². The van der Waals surface area contributed by atoms with Crippen LogP contribution in [0.25, 0.3) is 0 Å². The molecule has 2 atom stereocenters. The zero-order valence-corrected chi connectivity index (χ0v) is 10.3. The number of hydrogen-bond donors (Lipinski definition) is 0. The van der Waals surface area contributed by atoms with Gasteiger partial charge < -0.3 is 4.90 Å². The first-order valence-corrected chi connectivity index (χ1v) is 5.58. The second-order valence-electron chi connectivity index (χ2n) is 3.20. The highest BCUT2D eigenvalue weighted by atomic mass is 19.3. The third-order valence-corrected chi connectivity index (χ3v) is 2.18. The fourth-order valence-electron chi connectivity index (χ4n) is 1.57. The summed E-state index contributed by atoms with van der Waals surface area (Å²) in [4.78, 5) is 1.96. The van der Waals surface area contributed by atoms with Crippen LogP contribution in [0, 0.1) is 11.8 Å². The highest BCUT2D eigenvalue weighted by Crippen LogP contribution is 2.26. The lowest BCUT2D eigenvalue weighted by atomic mass is 9.99. The molecule has 0 bridgehead atoms. The van der Waals surface area contributed by atoms with Gasteiger partial charge in [-0.2, -0.15) is 0 Å². The van der Waals surface area contributed by atoms with Crippen LogP contribution < -0.4 is 0 Å². The van der Waals surface area contributed by atoms with E-state index in [2.05, 4.69) is 0 Å². The molecule has 3 heteroatoms. The summed E-state index contributed by atoms with van der Waals surface area (Å²) in [6.45, 7) is 11.3. The van der Waals surface area contributed by atoms with Crippen LogP contribution in [-0.4, -0.2) is 31.5 Å². The molecule has 0 radical (unpaired) electrons. The fraction of sp³-hybridized carbons (Fsp3) is 1.00. The molecule has 14 heavy (non-hydrogen) atoms. The normalized spacial score (nSPS) is 26.4. The van der Waals surface area contributed by atoms with Gasteiger partial charge in [0.05, 0.1) is 0 Å². The monoisotopic (exact) mass is 209 g/mol. The predicted octanol–water partition coefficient (Wildman–Crippen LogP) is 3.50. The predicted molar refractivity (Wildman–Crippen MR) is 58.9 cm³/mol. The Bertz CT molecular complexity index is 118. The molecule has 0 aromatic heterocycles. The lowest BCUT2D eigenvalue weighted by Crippen LogP contribution is -2.19. The molecule has 0 N–H and O–H groups in total. The number of rotatable bonds is 1. The van der Waals surface area contributed by atoms with E-state index in [1.807, 2.05) is 46.6 Å². The minimum Gasteiger partial charge on any atom is -0.306 e. The van der Waals surface area contributed by atoms with E-state index in [9.17, 15) is 8.78 Å². The van der Waals surface area contributed by atoms with Gasteiger partial charge in [-0.3, -0.25) is 0 Å². The van der Waals surface area contributed by atoms with Gasteiger partial charge in [-0.15, -0.1) is 0 Å². The van der Waals surface area contributed by atoms with Crippen LogP contribution in [0.1, 0.15) is 34.6 Å². The zero-order chi connectivity index (χ0) is 11.7. The lowest BCUT2D eigenvalue weighted by molar-refractivity contribution is 0.0657. The van der Waals surface area contributed by atoms with Gasteiger partial charge in [-0.05, 0) is 13.0 Å². The molecule has 0 spiro atoms. The quantitative estimate of drug-likeness (QED) is 0.639. The first-order valence-electron chi connectivity index (χ1n) is 5.58. The SMILES string of the molecule is CC.CC.CC1CN(C)CC1C(F)F. The molecule has 1 fully saturated rings. The lowest BCUT2D eigenvalue weighted by Gasteiger charge is -2.11. The first kappa shape index (κ1) is 16.3. The standard InChI is InChI=1S/C7H13F2N.2C2H6/c1-5-3-10(2)4-6(5)7(8)9;2*1-2/h5-7H,3-4H2,1-2H3;2*1-2H3. The number of halogens is 2. The maximum absolute atomic E-state index is 12.1. The molecule has 1 aliphatic heterocycles. The van der Waals surface area contributed by atoms with Gasteiger partial charge >= 0.3 is 0 Å². The molecule has 0 aromatic carbocycles. The molecule has 1 heterocycles.